The minimum Gasteiger partial charge on any atom is -0.456 e. The highest BCUT2D eigenvalue weighted by Crippen LogP contribution is 2.29. The Morgan fingerprint density at radius 3 is 2.40 bits per heavy atom. The van der Waals surface area contributed by atoms with Gasteiger partial charge in [-0.1, -0.05) is 36.4 Å². The number of nitrogens with zero attached hydrogens (tertiary/aromatic N) is 1. The minimum absolute atomic E-state index is 0.0806. The zero-order chi connectivity index (χ0) is 21.1. The molecule has 2 aromatic carbocycles. The normalized spacial score (nSPS) is 17.3. The van der Waals surface area contributed by atoms with Crippen LogP contribution in [0.3, 0.4) is 0 Å². The molecule has 0 fully saturated rings. The Balaban J connectivity index is 1.25. The van der Waals surface area contributed by atoms with Crippen molar-refractivity contribution >= 4 is 23.7 Å². The van der Waals surface area contributed by atoms with Crippen molar-refractivity contribution in [2.45, 2.75) is 31.7 Å². The fourth-order valence-corrected chi connectivity index (χ4v) is 4.00. The maximum absolute atomic E-state index is 12.3. The summed E-state index contributed by atoms with van der Waals surface area (Å²) in [5.74, 6) is -1.84. The number of aryl methyl sites for hydroxylation is 1. The number of imide groups is 1. The van der Waals surface area contributed by atoms with Gasteiger partial charge in [-0.3, -0.25) is 24.1 Å². The lowest BCUT2D eigenvalue weighted by Gasteiger charge is -2.26. The van der Waals surface area contributed by atoms with Gasteiger partial charge >= 0.3 is 5.97 Å². The van der Waals surface area contributed by atoms with Crippen molar-refractivity contribution < 1.29 is 23.9 Å². The van der Waals surface area contributed by atoms with Gasteiger partial charge in [0.2, 0.25) is 0 Å². The molecule has 2 aromatic rings. The maximum Gasteiger partial charge on any atom is 0.308 e. The molecule has 30 heavy (non-hydrogen) atoms. The summed E-state index contributed by atoms with van der Waals surface area (Å²) in [6.07, 6.45) is 2.67. The van der Waals surface area contributed by atoms with Crippen molar-refractivity contribution in [2.75, 3.05) is 13.2 Å². The summed E-state index contributed by atoms with van der Waals surface area (Å²) < 4.78 is 5.04. The number of hydrogen-bond donors (Lipinski definition) is 1. The van der Waals surface area contributed by atoms with Gasteiger partial charge in [0, 0.05) is 6.54 Å². The fourth-order valence-electron chi connectivity index (χ4n) is 4.00. The van der Waals surface area contributed by atoms with Gasteiger partial charge in [-0.2, -0.15) is 0 Å². The first-order chi connectivity index (χ1) is 14.5. The van der Waals surface area contributed by atoms with Crippen molar-refractivity contribution in [3.8, 4) is 0 Å². The summed E-state index contributed by atoms with van der Waals surface area (Å²) in [4.78, 5) is 49.9. The molecule has 0 bridgehead atoms. The van der Waals surface area contributed by atoms with Crippen LogP contribution in [0.25, 0.3) is 0 Å². The van der Waals surface area contributed by atoms with E-state index in [0.717, 1.165) is 29.7 Å². The summed E-state index contributed by atoms with van der Waals surface area (Å²) in [6.45, 7) is -0.470. The summed E-state index contributed by atoms with van der Waals surface area (Å²) in [5, 5.41) is 2.92. The topological polar surface area (TPSA) is 92.8 Å². The average Bonchev–Trinajstić information content (AvgIpc) is 3.01. The lowest BCUT2D eigenvalue weighted by molar-refractivity contribution is -0.148. The van der Waals surface area contributed by atoms with Crippen LogP contribution in [-0.4, -0.2) is 41.7 Å². The molecule has 0 saturated heterocycles. The summed E-state index contributed by atoms with van der Waals surface area (Å²) in [5.41, 5.74) is 3.01. The summed E-state index contributed by atoms with van der Waals surface area (Å²) in [6, 6.07) is 14.5. The Bertz CT molecular complexity index is 981. The molecule has 1 heterocycles. The first-order valence-corrected chi connectivity index (χ1v) is 10.0. The number of hydrogen-bond acceptors (Lipinski definition) is 5. The number of amides is 3. The van der Waals surface area contributed by atoms with E-state index >= 15 is 0 Å². The van der Waals surface area contributed by atoms with Crippen LogP contribution in [0.15, 0.2) is 48.5 Å². The number of nitrogens with one attached hydrogen (secondary N) is 1. The molecule has 3 amide bonds. The Morgan fingerprint density at radius 2 is 1.67 bits per heavy atom. The van der Waals surface area contributed by atoms with Gasteiger partial charge in [-0.05, 0) is 42.5 Å². The Hall–Kier alpha value is -3.48. The van der Waals surface area contributed by atoms with Gasteiger partial charge in [0.1, 0.15) is 0 Å². The number of carbonyl (C=O) groups is 4. The highest BCUT2D eigenvalue weighted by Gasteiger charge is 2.35. The molecule has 1 unspecified atom stereocenters. The number of benzene rings is 2. The predicted molar refractivity (Wildman–Crippen MR) is 108 cm³/mol. The van der Waals surface area contributed by atoms with Gasteiger partial charge in [0.15, 0.2) is 6.61 Å². The Labute approximate surface area is 174 Å². The first-order valence-electron chi connectivity index (χ1n) is 10.0. The monoisotopic (exact) mass is 406 g/mol. The van der Waals surface area contributed by atoms with E-state index in [1.54, 1.807) is 24.3 Å². The van der Waals surface area contributed by atoms with Crippen LogP contribution >= 0.6 is 0 Å². The molecule has 1 atom stereocenters. The van der Waals surface area contributed by atoms with Crippen LogP contribution < -0.4 is 5.32 Å². The molecule has 1 aliphatic heterocycles. The quantitative estimate of drug-likeness (QED) is 0.587. The van der Waals surface area contributed by atoms with Gasteiger partial charge < -0.3 is 10.1 Å². The molecule has 1 N–H and O–H groups in total. The fraction of sp³-hybridized carbons (Fsp3) is 0.304. The zero-order valence-corrected chi connectivity index (χ0v) is 16.4. The number of esters is 1. The summed E-state index contributed by atoms with van der Waals surface area (Å²) in [7, 11) is 0. The Kier molecular flexibility index (Phi) is 5.61. The lowest BCUT2D eigenvalue weighted by Crippen LogP contribution is -2.35. The second-order valence-electron chi connectivity index (χ2n) is 7.43. The molecule has 0 saturated carbocycles. The number of carbonyl (C=O) groups excluding carboxylic acids is 4. The third-order valence-electron chi connectivity index (χ3n) is 5.49. The van der Waals surface area contributed by atoms with Crippen molar-refractivity contribution in [1.29, 1.82) is 0 Å². The second-order valence-corrected chi connectivity index (χ2v) is 7.43. The van der Waals surface area contributed by atoms with Crippen LogP contribution in [0.1, 0.15) is 57.1 Å². The summed E-state index contributed by atoms with van der Waals surface area (Å²) >= 11 is 0. The van der Waals surface area contributed by atoms with Crippen molar-refractivity contribution in [3.63, 3.8) is 0 Å². The predicted octanol–water partition coefficient (Wildman–Crippen LogP) is 2.41. The van der Waals surface area contributed by atoms with Crippen molar-refractivity contribution in [3.05, 3.63) is 70.8 Å². The SMILES string of the molecule is O=C(COC(=O)CCN1C(=O)c2ccccc2C1=O)NC1CCCc2ccccc21. The molecule has 7 heteroatoms. The largest absolute Gasteiger partial charge is 0.456 e. The van der Waals surface area contributed by atoms with Crippen LogP contribution in [0.4, 0.5) is 0 Å². The van der Waals surface area contributed by atoms with Gasteiger partial charge in [-0.15, -0.1) is 0 Å². The lowest BCUT2D eigenvalue weighted by atomic mass is 9.88. The zero-order valence-electron chi connectivity index (χ0n) is 16.4. The Morgan fingerprint density at radius 1 is 1.00 bits per heavy atom. The van der Waals surface area contributed by atoms with Gasteiger partial charge in [0.25, 0.3) is 17.7 Å². The van der Waals surface area contributed by atoms with Crippen LogP contribution in [0, 0.1) is 0 Å². The van der Waals surface area contributed by atoms with Crippen molar-refractivity contribution in [2.24, 2.45) is 0 Å². The van der Waals surface area contributed by atoms with E-state index in [0.29, 0.717) is 11.1 Å². The average molecular weight is 406 g/mol. The van der Waals surface area contributed by atoms with Crippen LogP contribution in [-0.2, 0) is 20.7 Å². The van der Waals surface area contributed by atoms with E-state index in [1.807, 2.05) is 18.2 Å². The number of rotatable bonds is 6. The highest BCUT2D eigenvalue weighted by atomic mass is 16.5. The molecular weight excluding hydrogens is 384 g/mol. The van der Waals surface area contributed by atoms with E-state index in [1.165, 1.54) is 5.56 Å². The highest BCUT2D eigenvalue weighted by molar-refractivity contribution is 6.21. The molecule has 0 radical (unpaired) electrons. The smallest absolute Gasteiger partial charge is 0.308 e. The molecule has 0 aromatic heterocycles. The van der Waals surface area contributed by atoms with Crippen molar-refractivity contribution in [1.82, 2.24) is 10.2 Å². The molecule has 1 aliphatic carbocycles. The molecular formula is C23H22N2O5. The van der Waals surface area contributed by atoms with Crippen LogP contribution in [0.2, 0.25) is 0 Å². The maximum atomic E-state index is 12.3. The molecule has 7 nitrogen and oxygen atoms in total. The van der Waals surface area contributed by atoms with E-state index in [-0.39, 0.29) is 31.5 Å². The van der Waals surface area contributed by atoms with E-state index < -0.39 is 17.8 Å². The molecule has 0 spiro atoms. The van der Waals surface area contributed by atoms with E-state index in [2.05, 4.69) is 11.4 Å². The molecule has 2 aliphatic rings. The first kappa shape index (κ1) is 19.8. The third kappa shape index (κ3) is 3.96. The van der Waals surface area contributed by atoms with Crippen LogP contribution in [0.5, 0.6) is 0 Å². The second kappa shape index (κ2) is 8.49. The third-order valence-corrected chi connectivity index (χ3v) is 5.49. The number of ether oxygens (including phenoxy) is 1. The molecule has 154 valence electrons. The van der Waals surface area contributed by atoms with E-state index in [9.17, 15) is 19.2 Å². The molecule has 4 rings (SSSR count). The number of fused-ring (bicyclic) bond motifs is 2. The standard InChI is InChI=1S/C23H22N2O5/c26-20(24-19-11-5-7-15-6-1-2-8-16(15)19)14-30-21(27)12-13-25-22(28)17-9-3-4-10-18(17)23(25)29/h1-4,6,8-10,19H,5,7,11-14H2,(H,24,26). The van der Waals surface area contributed by atoms with E-state index in [4.69, 9.17) is 4.74 Å². The van der Waals surface area contributed by atoms with Gasteiger partial charge in [0.05, 0.1) is 23.6 Å². The van der Waals surface area contributed by atoms with Gasteiger partial charge in [-0.25, -0.2) is 0 Å². The minimum atomic E-state index is -0.634.